The number of hydrogen-bond acceptors (Lipinski definition) is 4. The largest absolute Gasteiger partial charge is 0.370 e. The smallest absolute Gasteiger partial charge is 0.242 e. The maximum atomic E-state index is 12.9. The van der Waals surface area contributed by atoms with Gasteiger partial charge in [0.1, 0.15) is 12.4 Å². The maximum Gasteiger partial charge on any atom is 0.242 e. The summed E-state index contributed by atoms with van der Waals surface area (Å²) >= 11 is 0. The van der Waals surface area contributed by atoms with E-state index in [0.717, 1.165) is 41.9 Å². The second-order valence-corrected chi connectivity index (χ2v) is 6.97. The highest BCUT2D eigenvalue weighted by atomic mass is 16.5. The quantitative estimate of drug-likeness (QED) is 0.698. The van der Waals surface area contributed by atoms with Crippen LogP contribution in [0.4, 0.5) is 0 Å². The monoisotopic (exact) mass is 364 g/mol. The molecule has 3 aromatic rings. The van der Waals surface area contributed by atoms with Crippen molar-refractivity contribution in [2.24, 2.45) is 0 Å². The zero-order valence-corrected chi connectivity index (χ0v) is 15.5. The van der Waals surface area contributed by atoms with Crippen molar-refractivity contribution in [3.8, 4) is 0 Å². The number of carbonyl (C=O) groups is 1. The van der Waals surface area contributed by atoms with Gasteiger partial charge >= 0.3 is 0 Å². The average Bonchev–Trinajstić information content (AvgIpc) is 3.03. The second kappa shape index (κ2) is 7.88. The van der Waals surface area contributed by atoms with E-state index in [1.807, 2.05) is 58.9 Å². The minimum Gasteiger partial charge on any atom is -0.370 e. The van der Waals surface area contributed by atoms with Gasteiger partial charge in [-0.2, -0.15) is 0 Å². The normalized spacial score (nSPS) is 17.4. The van der Waals surface area contributed by atoms with Crippen LogP contribution in [0, 0.1) is 6.92 Å². The number of pyridine rings is 1. The average molecular weight is 364 g/mol. The van der Waals surface area contributed by atoms with Crippen LogP contribution < -0.4 is 0 Å². The number of ether oxygens (including phenoxy) is 1. The number of likely N-dealkylation sites (tertiary alicyclic amines) is 1. The molecular formula is C21H24N4O2. The van der Waals surface area contributed by atoms with Crippen LogP contribution in [-0.2, 0) is 22.7 Å². The molecule has 6 nitrogen and oxygen atoms in total. The van der Waals surface area contributed by atoms with E-state index in [4.69, 9.17) is 4.74 Å². The number of benzene rings is 1. The summed E-state index contributed by atoms with van der Waals surface area (Å²) < 4.78 is 8.00. The van der Waals surface area contributed by atoms with Gasteiger partial charge in [0.25, 0.3) is 0 Å². The summed E-state index contributed by atoms with van der Waals surface area (Å²) in [4.78, 5) is 23.6. The predicted molar refractivity (Wildman–Crippen MR) is 103 cm³/mol. The minimum absolute atomic E-state index is 0.0605. The van der Waals surface area contributed by atoms with Crippen LogP contribution in [0.2, 0.25) is 0 Å². The van der Waals surface area contributed by atoms with Gasteiger partial charge in [0.05, 0.1) is 29.4 Å². The Labute approximate surface area is 158 Å². The lowest BCUT2D eigenvalue weighted by atomic mass is 10.1. The van der Waals surface area contributed by atoms with E-state index in [9.17, 15) is 4.79 Å². The third-order valence-electron chi connectivity index (χ3n) is 5.06. The number of hydrogen-bond donors (Lipinski definition) is 0. The van der Waals surface area contributed by atoms with Crippen molar-refractivity contribution in [3.05, 3.63) is 60.2 Å². The van der Waals surface area contributed by atoms with Crippen LogP contribution in [0.15, 0.2) is 48.7 Å². The number of carbonyl (C=O) groups excluding carboxylic acids is 1. The number of aromatic nitrogens is 3. The number of fused-ring (bicyclic) bond motifs is 1. The summed E-state index contributed by atoms with van der Waals surface area (Å²) in [5.74, 6) is 0.983. The molecule has 4 rings (SSSR count). The zero-order chi connectivity index (χ0) is 18.6. The van der Waals surface area contributed by atoms with E-state index < -0.39 is 0 Å². The maximum absolute atomic E-state index is 12.9. The third kappa shape index (κ3) is 4.01. The first kappa shape index (κ1) is 17.7. The third-order valence-corrected chi connectivity index (χ3v) is 5.06. The Morgan fingerprint density at radius 2 is 2.07 bits per heavy atom. The van der Waals surface area contributed by atoms with Crippen molar-refractivity contribution in [2.45, 2.75) is 39.0 Å². The molecule has 1 amide bonds. The second-order valence-electron chi connectivity index (χ2n) is 6.97. The molecule has 0 spiro atoms. The van der Waals surface area contributed by atoms with Gasteiger partial charge in [-0.1, -0.05) is 18.2 Å². The number of aryl methyl sites for hydroxylation is 1. The summed E-state index contributed by atoms with van der Waals surface area (Å²) in [6.07, 6.45) is 3.77. The SMILES string of the molecule is Cc1nc2ccccc2n1CC(=O)N1CCC[C@H](OCc2ccccn2)C1. The first-order valence-corrected chi connectivity index (χ1v) is 9.42. The van der Waals surface area contributed by atoms with Gasteiger partial charge in [-0.15, -0.1) is 0 Å². The molecule has 1 aromatic carbocycles. The molecule has 1 aliphatic heterocycles. The van der Waals surface area contributed by atoms with E-state index in [1.54, 1.807) is 6.20 Å². The first-order chi connectivity index (χ1) is 13.2. The first-order valence-electron chi connectivity index (χ1n) is 9.42. The minimum atomic E-state index is 0.0605. The van der Waals surface area contributed by atoms with Crippen molar-refractivity contribution >= 4 is 16.9 Å². The molecule has 27 heavy (non-hydrogen) atoms. The van der Waals surface area contributed by atoms with Crippen molar-refractivity contribution in [2.75, 3.05) is 13.1 Å². The van der Waals surface area contributed by atoms with Crippen LogP contribution in [0.1, 0.15) is 24.4 Å². The Hall–Kier alpha value is -2.73. The topological polar surface area (TPSA) is 60.2 Å². The molecule has 0 N–H and O–H groups in total. The molecule has 6 heteroatoms. The van der Waals surface area contributed by atoms with E-state index in [2.05, 4.69) is 9.97 Å². The summed E-state index contributed by atoms with van der Waals surface area (Å²) in [5.41, 5.74) is 2.85. The van der Waals surface area contributed by atoms with E-state index in [0.29, 0.717) is 19.7 Å². The van der Waals surface area contributed by atoms with Crippen molar-refractivity contribution in [3.63, 3.8) is 0 Å². The standard InChI is InChI=1S/C21H24N4O2/c1-16-23-19-9-2-3-10-20(19)25(16)14-21(26)24-12-6-8-18(13-24)27-15-17-7-4-5-11-22-17/h2-5,7,9-11,18H,6,8,12-15H2,1H3/t18-/m0/s1. The molecule has 0 radical (unpaired) electrons. The van der Waals surface area contributed by atoms with Gasteiger partial charge < -0.3 is 14.2 Å². The molecular weight excluding hydrogens is 340 g/mol. The van der Waals surface area contributed by atoms with Crippen molar-refractivity contribution < 1.29 is 9.53 Å². The highest BCUT2D eigenvalue weighted by molar-refractivity contribution is 5.81. The van der Waals surface area contributed by atoms with Crippen LogP contribution in [0.25, 0.3) is 11.0 Å². The van der Waals surface area contributed by atoms with Crippen molar-refractivity contribution in [1.29, 1.82) is 0 Å². The van der Waals surface area contributed by atoms with Gasteiger partial charge in [-0.3, -0.25) is 9.78 Å². The van der Waals surface area contributed by atoms with Crippen LogP contribution in [0.3, 0.4) is 0 Å². The van der Waals surface area contributed by atoms with E-state index in [-0.39, 0.29) is 12.0 Å². The number of nitrogens with zero attached hydrogens (tertiary/aromatic N) is 4. The van der Waals surface area contributed by atoms with Gasteiger partial charge in [0, 0.05) is 19.3 Å². The highest BCUT2D eigenvalue weighted by Gasteiger charge is 2.25. The zero-order valence-electron chi connectivity index (χ0n) is 15.5. The molecule has 1 fully saturated rings. The van der Waals surface area contributed by atoms with Gasteiger partial charge in [-0.25, -0.2) is 4.98 Å². The number of imidazole rings is 1. The lowest BCUT2D eigenvalue weighted by Crippen LogP contribution is -2.44. The Morgan fingerprint density at radius 1 is 1.22 bits per heavy atom. The molecule has 1 aliphatic rings. The molecule has 140 valence electrons. The lowest BCUT2D eigenvalue weighted by molar-refractivity contribution is -0.136. The van der Waals surface area contributed by atoms with E-state index >= 15 is 0 Å². The van der Waals surface area contributed by atoms with Crippen LogP contribution in [-0.4, -0.2) is 44.5 Å². The Balaban J connectivity index is 1.39. The molecule has 0 unspecified atom stereocenters. The summed E-state index contributed by atoms with van der Waals surface area (Å²) in [6, 6.07) is 13.7. The van der Waals surface area contributed by atoms with Crippen molar-refractivity contribution in [1.82, 2.24) is 19.4 Å². The Bertz CT molecular complexity index is 922. The fourth-order valence-corrected chi connectivity index (χ4v) is 3.62. The molecule has 0 saturated carbocycles. The predicted octanol–water partition coefficient (Wildman–Crippen LogP) is 2.95. The summed E-state index contributed by atoms with van der Waals surface area (Å²) in [6.45, 7) is 4.17. The number of rotatable bonds is 5. The van der Waals surface area contributed by atoms with E-state index in [1.165, 1.54) is 0 Å². The lowest BCUT2D eigenvalue weighted by Gasteiger charge is -2.33. The molecule has 0 bridgehead atoms. The van der Waals surface area contributed by atoms with Crippen LogP contribution >= 0.6 is 0 Å². The molecule has 0 aliphatic carbocycles. The molecule has 1 atom stereocenters. The highest BCUT2D eigenvalue weighted by Crippen LogP contribution is 2.18. The van der Waals surface area contributed by atoms with Gasteiger partial charge in [0.2, 0.25) is 5.91 Å². The summed E-state index contributed by atoms with van der Waals surface area (Å²) in [5, 5.41) is 0. The van der Waals surface area contributed by atoms with Crippen LogP contribution in [0.5, 0.6) is 0 Å². The summed E-state index contributed by atoms with van der Waals surface area (Å²) in [7, 11) is 0. The fourth-order valence-electron chi connectivity index (χ4n) is 3.62. The number of para-hydroxylation sites is 2. The number of piperidine rings is 1. The molecule has 2 aromatic heterocycles. The number of amides is 1. The van der Waals surface area contributed by atoms with Gasteiger partial charge in [0.15, 0.2) is 0 Å². The Morgan fingerprint density at radius 3 is 2.93 bits per heavy atom. The van der Waals surface area contributed by atoms with Gasteiger partial charge in [-0.05, 0) is 44.0 Å². The Kier molecular flexibility index (Phi) is 5.16. The fraction of sp³-hybridized carbons (Fsp3) is 0.381. The molecule has 3 heterocycles. The molecule has 1 saturated heterocycles.